The Hall–Kier alpha value is -3.45. The van der Waals surface area contributed by atoms with E-state index >= 15 is 0 Å². The van der Waals surface area contributed by atoms with Gasteiger partial charge in [0.25, 0.3) is 11.5 Å². The quantitative estimate of drug-likeness (QED) is 0.665. The third-order valence-corrected chi connectivity index (χ3v) is 4.47. The highest BCUT2D eigenvalue weighted by atomic mass is 35.5. The monoisotopic (exact) mass is 413 g/mol. The molecule has 0 saturated carbocycles. The molecular formula is C21H17ClFN3O3. The molecule has 29 heavy (non-hydrogen) atoms. The number of hydrogen-bond acceptors (Lipinski definition) is 3. The van der Waals surface area contributed by atoms with Gasteiger partial charge in [-0.2, -0.15) is 0 Å². The number of rotatable bonds is 5. The maximum atomic E-state index is 14.0. The van der Waals surface area contributed by atoms with Crippen molar-refractivity contribution in [3.63, 3.8) is 0 Å². The normalized spacial score (nSPS) is 10.4. The van der Waals surface area contributed by atoms with Gasteiger partial charge in [0, 0.05) is 35.1 Å². The Bertz CT molecular complexity index is 1110. The van der Waals surface area contributed by atoms with Crippen molar-refractivity contribution in [2.24, 2.45) is 0 Å². The minimum Gasteiger partial charge on any atom is -0.326 e. The standard InChI is InChI=1S/C21H17ClFN3O3/c1-13(27)24-14-7-9-15(10-8-14)25-20(28)16-4-3-11-26(21(16)29)12-17-18(22)5-2-6-19(17)23/h2-11H,12H2,1H3,(H,24,27)(H,25,28). The molecule has 2 amide bonds. The van der Waals surface area contributed by atoms with Crippen LogP contribution in [0.4, 0.5) is 15.8 Å². The molecule has 0 bridgehead atoms. The molecule has 0 fully saturated rings. The van der Waals surface area contributed by atoms with E-state index in [9.17, 15) is 18.8 Å². The molecule has 2 N–H and O–H groups in total. The van der Waals surface area contributed by atoms with Crippen LogP contribution in [0.25, 0.3) is 0 Å². The van der Waals surface area contributed by atoms with Gasteiger partial charge in [0.05, 0.1) is 6.54 Å². The minimum absolute atomic E-state index is 0.0918. The second kappa shape index (κ2) is 8.70. The first-order valence-electron chi connectivity index (χ1n) is 8.66. The SMILES string of the molecule is CC(=O)Nc1ccc(NC(=O)c2cccn(Cc3c(F)cccc3Cl)c2=O)cc1. The number of hydrogen-bond donors (Lipinski definition) is 2. The number of nitrogens with one attached hydrogen (secondary N) is 2. The minimum atomic E-state index is -0.601. The van der Waals surface area contributed by atoms with Crippen LogP contribution in [0.3, 0.4) is 0 Å². The lowest BCUT2D eigenvalue weighted by molar-refractivity contribution is -0.114. The number of nitrogens with zero attached hydrogens (tertiary/aromatic N) is 1. The molecule has 0 aliphatic rings. The summed E-state index contributed by atoms with van der Waals surface area (Å²) in [6.45, 7) is 1.29. The van der Waals surface area contributed by atoms with Crippen LogP contribution in [0.1, 0.15) is 22.8 Å². The van der Waals surface area contributed by atoms with E-state index in [1.165, 1.54) is 48.0 Å². The molecule has 0 unspecified atom stereocenters. The van der Waals surface area contributed by atoms with Gasteiger partial charge in [0.1, 0.15) is 11.4 Å². The summed E-state index contributed by atoms with van der Waals surface area (Å²) < 4.78 is 15.2. The van der Waals surface area contributed by atoms with E-state index in [1.54, 1.807) is 24.3 Å². The fourth-order valence-corrected chi connectivity index (χ4v) is 2.95. The molecule has 0 aliphatic heterocycles. The molecule has 6 nitrogen and oxygen atoms in total. The van der Waals surface area contributed by atoms with Crippen molar-refractivity contribution in [3.8, 4) is 0 Å². The number of anilines is 2. The maximum Gasteiger partial charge on any atom is 0.263 e. The molecule has 1 aromatic heterocycles. The van der Waals surface area contributed by atoms with Crippen molar-refractivity contribution in [1.82, 2.24) is 4.57 Å². The van der Waals surface area contributed by atoms with Crippen LogP contribution in [0.2, 0.25) is 5.02 Å². The molecule has 148 valence electrons. The molecule has 0 atom stereocenters. The van der Waals surface area contributed by atoms with Crippen LogP contribution < -0.4 is 16.2 Å². The van der Waals surface area contributed by atoms with E-state index in [2.05, 4.69) is 10.6 Å². The number of carbonyl (C=O) groups is 2. The van der Waals surface area contributed by atoms with Gasteiger partial charge in [-0.15, -0.1) is 0 Å². The largest absolute Gasteiger partial charge is 0.326 e. The van der Waals surface area contributed by atoms with Crippen LogP contribution in [0.5, 0.6) is 0 Å². The Labute approximate surface area is 170 Å². The van der Waals surface area contributed by atoms with Crippen LogP contribution in [-0.4, -0.2) is 16.4 Å². The Morgan fingerprint density at radius 3 is 2.28 bits per heavy atom. The van der Waals surface area contributed by atoms with Gasteiger partial charge >= 0.3 is 0 Å². The Morgan fingerprint density at radius 2 is 1.66 bits per heavy atom. The van der Waals surface area contributed by atoms with E-state index in [-0.39, 0.29) is 28.6 Å². The Morgan fingerprint density at radius 1 is 1.00 bits per heavy atom. The number of carbonyl (C=O) groups excluding carboxylic acids is 2. The first-order valence-corrected chi connectivity index (χ1v) is 9.04. The lowest BCUT2D eigenvalue weighted by Gasteiger charge is -2.11. The van der Waals surface area contributed by atoms with E-state index < -0.39 is 17.3 Å². The van der Waals surface area contributed by atoms with E-state index in [0.29, 0.717) is 11.4 Å². The maximum absolute atomic E-state index is 14.0. The van der Waals surface area contributed by atoms with Crippen LogP contribution >= 0.6 is 11.6 Å². The fraction of sp³-hybridized carbons (Fsp3) is 0.0952. The summed E-state index contributed by atoms with van der Waals surface area (Å²) in [6, 6.07) is 13.6. The van der Waals surface area contributed by atoms with Gasteiger partial charge in [-0.3, -0.25) is 14.4 Å². The van der Waals surface area contributed by atoms with Crippen LogP contribution in [-0.2, 0) is 11.3 Å². The first kappa shape index (κ1) is 20.3. The van der Waals surface area contributed by atoms with Gasteiger partial charge in [-0.25, -0.2) is 4.39 Å². The summed E-state index contributed by atoms with van der Waals surface area (Å²) in [5.41, 5.74) is 0.544. The van der Waals surface area contributed by atoms with Crippen LogP contribution in [0, 0.1) is 5.82 Å². The predicted molar refractivity (Wildman–Crippen MR) is 110 cm³/mol. The van der Waals surface area contributed by atoms with E-state index in [4.69, 9.17) is 11.6 Å². The van der Waals surface area contributed by atoms with Gasteiger partial charge in [0.2, 0.25) is 5.91 Å². The molecule has 0 radical (unpaired) electrons. The first-order chi connectivity index (χ1) is 13.8. The number of benzene rings is 2. The summed E-state index contributed by atoms with van der Waals surface area (Å²) in [5, 5.41) is 5.45. The fourth-order valence-electron chi connectivity index (χ4n) is 2.73. The number of aromatic nitrogens is 1. The predicted octanol–water partition coefficient (Wildman–Crippen LogP) is 3.90. The van der Waals surface area contributed by atoms with Crippen molar-refractivity contribution in [2.75, 3.05) is 10.6 Å². The number of amides is 2. The third kappa shape index (κ3) is 4.89. The highest BCUT2D eigenvalue weighted by Crippen LogP contribution is 2.19. The molecule has 2 aromatic carbocycles. The van der Waals surface area contributed by atoms with E-state index in [1.807, 2.05) is 0 Å². The van der Waals surface area contributed by atoms with Gasteiger partial charge in [-0.05, 0) is 48.5 Å². The molecule has 0 aliphatic carbocycles. The average molecular weight is 414 g/mol. The zero-order chi connectivity index (χ0) is 21.0. The molecule has 0 saturated heterocycles. The summed E-state index contributed by atoms with van der Waals surface area (Å²) in [5.74, 6) is -1.34. The second-order valence-electron chi connectivity index (χ2n) is 6.27. The van der Waals surface area contributed by atoms with Crippen molar-refractivity contribution >= 4 is 34.8 Å². The summed E-state index contributed by atoms with van der Waals surface area (Å²) >= 11 is 6.02. The number of halogens is 2. The molecule has 1 heterocycles. The Balaban J connectivity index is 1.81. The zero-order valence-corrected chi connectivity index (χ0v) is 16.2. The highest BCUT2D eigenvalue weighted by Gasteiger charge is 2.15. The highest BCUT2D eigenvalue weighted by molar-refractivity contribution is 6.31. The lowest BCUT2D eigenvalue weighted by atomic mass is 10.2. The van der Waals surface area contributed by atoms with Crippen molar-refractivity contribution in [1.29, 1.82) is 0 Å². The molecule has 8 heteroatoms. The third-order valence-electron chi connectivity index (χ3n) is 4.12. The summed E-state index contributed by atoms with van der Waals surface area (Å²) in [4.78, 5) is 36.3. The van der Waals surface area contributed by atoms with Gasteiger partial charge in [-0.1, -0.05) is 17.7 Å². The number of pyridine rings is 1. The average Bonchev–Trinajstić information content (AvgIpc) is 2.67. The van der Waals surface area contributed by atoms with Crippen molar-refractivity contribution in [3.05, 3.63) is 93.1 Å². The van der Waals surface area contributed by atoms with Gasteiger partial charge in [0.15, 0.2) is 0 Å². The molecule has 3 rings (SSSR count). The second-order valence-corrected chi connectivity index (χ2v) is 6.67. The van der Waals surface area contributed by atoms with Crippen molar-refractivity contribution < 1.29 is 14.0 Å². The molecule has 0 spiro atoms. The van der Waals surface area contributed by atoms with Gasteiger partial charge < -0.3 is 15.2 Å². The van der Waals surface area contributed by atoms with E-state index in [0.717, 1.165) is 0 Å². The summed E-state index contributed by atoms with van der Waals surface area (Å²) in [6.07, 6.45) is 1.46. The molecular weight excluding hydrogens is 397 g/mol. The topological polar surface area (TPSA) is 80.2 Å². The lowest BCUT2D eigenvalue weighted by Crippen LogP contribution is -2.29. The Kier molecular flexibility index (Phi) is 6.09. The van der Waals surface area contributed by atoms with Crippen LogP contribution in [0.15, 0.2) is 65.6 Å². The smallest absolute Gasteiger partial charge is 0.263 e. The van der Waals surface area contributed by atoms with Crippen molar-refractivity contribution in [2.45, 2.75) is 13.5 Å². The zero-order valence-electron chi connectivity index (χ0n) is 15.4. The molecule has 3 aromatic rings. The summed E-state index contributed by atoms with van der Waals surface area (Å²) in [7, 11) is 0.